The third-order valence-electron chi connectivity index (χ3n) is 8.24. The summed E-state index contributed by atoms with van der Waals surface area (Å²) in [6.45, 7) is 14.6. The highest BCUT2D eigenvalue weighted by molar-refractivity contribution is 6.74. The lowest BCUT2D eigenvalue weighted by molar-refractivity contribution is -0.343. The van der Waals surface area contributed by atoms with Gasteiger partial charge in [0.25, 0.3) is 0 Å². The van der Waals surface area contributed by atoms with E-state index in [4.69, 9.17) is 9.26 Å². The maximum absolute atomic E-state index is 10.2. The van der Waals surface area contributed by atoms with Crippen molar-refractivity contribution in [2.75, 3.05) is 6.61 Å². The Kier molecular flexibility index (Phi) is 6.66. The monoisotopic (exact) mass is 406 g/mol. The molecule has 0 aromatic carbocycles. The maximum Gasteiger partial charge on any atom is 0.191 e. The van der Waals surface area contributed by atoms with Gasteiger partial charge in [-0.05, 0) is 56.7 Å². The molecule has 2 saturated carbocycles. The Morgan fingerprint density at radius 2 is 1.75 bits per heavy atom. The summed E-state index contributed by atoms with van der Waals surface area (Å²) in [5, 5.41) is 12.6. The summed E-state index contributed by atoms with van der Waals surface area (Å²) in [5.41, 5.74) is -0.134. The molecule has 0 aromatic heterocycles. The first-order valence-electron chi connectivity index (χ1n) is 11.6. The van der Waals surface area contributed by atoms with Crippen molar-refractivity contribution in [2.45, 2.75) is 121 Å². The van der Waals surface area contributed by atoms with E-state index in [2.05, 4.69) is 51.9 Å². The van der Waals surface area contributed by atoms with Crippen LogP contribution in [0.15, 0.2) is 0 Å². The smallest absolute Gasteiger partial charge is 0.191 e. The van der Waals surface area contributed by atoms with Gasteiger partial charge in [0, 0.05) is 18.6 Å². The minimum Gasteiger partial charge on any atom is -0.416 e. The number of hydrogen-bond acceptors (Lipinski definition) is 4. The summed E-state index contributed by atoms with van der Waals surface area (Å²) in [6.07, 6.45) is 10.9. The Labute approximate surface area is 174 Å². The fraction of sp³-hybridized carbons (Fsp3) is 0.957. The van der Waals surface area contributed by atoms with Gasteiger partial charge < -0.3 is 4.43 Å². The normalized spacial score (nSPS) is 36.0. The first kappa shape index (κ1) is 22.3. The lowest BCUT2D eigenvalue weighted by atomic mass is 9.67. The van der Waals surface area contributed by atoms with Crippen molar-refractivity contribution >= 4 is 8.32 Å². The highest BCUT2D eigenvalue weighted by Crippen LogP contribution is 2.49. The molecule has 1 saturated heterocycles. The van der Waals surface area contributed by atoms with Crippen LogP contribution in [-0.2, 0) is 9.26 Å². The van der Waals surface area contributed by atoms with E-state index in [9.17, 15) is 5.26 Å². The van der Waals surface area contributed by atoms with Crippen molar-refractivity contribution in [3.8, 4) is 6.07 Å². The summed E-state index contributed by atoms with van der Waals surface area (Å²) in [4.78, 5) is 6.72. The summed E-state index contributed by atoms with van der Waals surface area (Å²) < 4.78 is 6.70. The molecule has 1 aliphatic heterocycles. The molecule has 28 heavy (non-hydrogen) atoms. The summed E-state index contributed by atoms with van der Waals surface area (Å²) in [5.74, 6) is 0.676. The zero-order valence-electron chi connectivity index (χ0n) is 19.1. The SMILES string of the molecule is CC12CCCCC1C(CO[Si](C)(C)C(C)(C)C)C(C#N)N(C1CCCCC1)O2. The van der Waals surface area contributed by atoms with Crippen LogP contribution in [0.3, 0.4) is 0 Å². The van der Waals surface area contributed by atoms with Gasteiger partial charge in [-0.3, -0.25) is 4.84 Å². The molecule has 4 atom stereocenters. The number of hydroxylamine groups is 2. The van der Waals surface area contributed by atoms with E-state index in [-0.39, 0.29) is 22.6 Å². The Morgan fingerprint density at radius 3 is 2.36 bits per heavy atom. The van der Waals surface area contributed by atoms with Crippen molar-refractivity contribution < 1.29 is 9.26 Å². The summed E-state index contributed by atoms with van der Waals surface area (Å²) in [7, 11) is -1.84. The molecule has 2 aliphatic carbocycles. The lowest BCUT2D eigenvalue weighted by Gasteiger charge is -2.56. The lowest BCUT2D eigenvalue weighted by Crippen LogP contribution is -2.64. The maximum atomic E-state index is 10.2. The first-order valence-corrected chi connectivity index (χ1v) is 14.5. The fourth-order valence-electron chi connectivity index (χ4n) is 5.34. The largest absolute Gasteiger partial charge is 0.416 e. The van der Waals surface area contributed by atoms with Gasteiger partial charge in [-0.15, -0.1) is 0 Å². The molecule has 0 aromatic rings. The van der Waals surface area contributed by atoms with Gasteiger partial charge in [-0.2, -0.15) is 10.3 Å². The summed E-state index contributed by atoms with van der Waals surface area (Å²) in [6, 6.07) is 2.88. The second kappa shape index (κ2) is 8.38. The number of hydrogen-bond donors (Lipinski definition) is 0. The highest BCUT2D eigenvalue weighted by Gasteiger charge is 2.54. The van der Waals surface area contributed by atoms with Gasteiger partial charge in [0.1, 0.15) is 6.04 Å². The number of rotatable bonds is 4. The van der Waals surface area contributed by atoms with Gasteiger partial charge in [-0.1, -0.05) is 52.9 Å². The van der Waals surface area contributed by atoms with E-state index in [0.717, 1.165) is 19.3 Å². The molecule has 4 nitrogen and oxygen atoms in total. The zero-order valence-corrected chi connectivity index (χ0v) is 20.1. The second-order valence-corrected chi connectivity index (χ2v) is 16.0. The standard InChI is InChI=1S/C23H42N2O2Si/c1-22(2,3)28(5,6)26-17-19-20-14-10-11-15-23(20,4)27-25(21(19)16-24)18-12-8-7-9-13-18/h18-21H,7-15,17H2,1-6H3. The molecule has 1 heterocycles. The van der Waals surface area contributed by atoms with Crippen molar-refractivity contribution in [1.82, 2.24) is 5.06 Å². The Bertz CT molecular complexity index is 576. The molecule has 0 amide bonds. The highest BCUT2D eigenvalue weighted by atomic mass is 28.4. The second-order valence-electron chi connectivity index (χ2n) is 11.2. The van der Waals surface area contributed by atoms with Crippen LogP contribution in [-0.4, -0.2) is 37.7 Å². The van der Waals surface area contributed by atoms with E-state index in [1.165, 1.54) is 38.5 Å². The van der Waals surface area contributed by atoms with Gasteiger partial charge in [-0.25, -0.2) is 0 Å². The fourth-order valence-corrected chi connectivity index (χ4v) is 6.38. The van der Waals surface area contributed by atoms with Crippen molar-refractivity contribution in [3.05, 3.63) is 0 Å². The molecule has 3 aliphatic rings. The molecular weight excluding hydrogens is 364 g/mol. The predicted molar refractivity (Wildman–Crippen MR) is 116 cm³/mol. The van der Waals surface area contributed by atoms with Crippen molar-refractivity contribution in [3.63, 3.8) is 0 Å². The molecule has 3 rings (SSSR count). The Hall–Kier alpha value is -0.413. The average molecular weight is 407 g/mol. The third-order valence-corrected chi connectivity index (χ3v) is 12.7. The Morgan fingerprint density at radius 1 is 1.11 bits per heavy atom. The van der Waals surface area contributed by atoms with Crippen LogP contribution < -0.4 is 0 Å². The van der Waals surface area contributed by atoms with Crippen LogP contribution >= 0.6 is 0 Å². The zero-order chi connectivity index (χ0) is 20.6. The number of fused-ring (bicyclic) bond motifs is 1. The van der Waals surface area contributed by atoms with E-state index in [1.807, 2.05) is 0 Å². The molecule has 0 radical (unpaired) electrons. The Balaban J connectivity index is 1.85. The summed E-state index contributed by atoms with van der Waals surface area (Å²) >= 11 is 0. The minimum absolute atomic E-state index is 0.134. The quantitative estimate of drug-likeness (QED) is 0.533. The van der Waals surface area contributed by atoms with Gasteiger partial charge in [0.05, 0.1) is 11.7 Å². The molecule has 0 N–H and O–H groups in total. The van der Waals surface area contributed by atoms with E-state index >= 15 is 0 Å². The minimum atomic E-state index is -1.84. The average Bonchev–Trinajstić information content (AvgIpc) is 2.64. The molecule has 4 unspecified atom stereocenters. The van der Waals surface area contributed by atoms with Gasteiger partial charge in [0.2, 0.25) is 0 Å². The van der Waals surface area contributed by atoms with E-state index < -0.39 is 8.32 Å². The van der Waals surface area contributed by atoms with Crippen LogP contribution in [0, 0.1) is 23.2 Å². The molecule has 0 bridgehead atoms. The number of nitriles is 1. The van der Waals surface area contributed by atoms with Gasteiger partial charge in [0.15, 0.2) is 8.32 Å². The molecule has 0 spiro atoms. The molecule has 3 fully saturated rings. The van der Waals surface area contributed by atoms with Crippen molar-refractivity contribution in [1.29, 1.82) is 5.26 Å². The van der Waals surface area contributed by atoms with E-state index in [1.54, 1.807) is 0 Å². The van der Waals surface area contributed by atoms with E-state index in [0.29, 0.717) is 18.6 Å². The first-order chi connectivity index (χ1) is 13.1. The predicted octanol–water partition coefficient (Wildman–Crippen LogP) is 6.05. The molecule has 160 valence electrons. The van der Waals surface area contributed by atoms with Crippen LogP contribution in [0.25, 0.3) is 0 Å². The van der Waals surface area contributed by atoms with Crippen LogP contribution in [0.1, 0.15) is 85.5 Å². The molecular formula is C23H42N2O2Si. The topological polar surface area (TPSA) is 45.5 Å². The van der Waals surface area contributed by atoms with Crippen LogP contribution in [0.4, 0.5) is 0 Å². The van der Waals surface area contributed by atoms with Crippen molar-refractivity contribution in [2.24, 2.45) is 11.8 Å². The van der Waals surface area contributed by atoms with Gasteiger partial charge >= 0.3 is 0 Å². The van der Waals surface area contributed by atoms with Crippen LogP contribution in [0.2, 0.25) is 18.1 Å². The molecule has 5 heteroatoms. The number of nitrogens with zero attached hydrogens (tertiary/aromatic N) is 2. The van der Waals surface area contributed by atoms with Crippen LogP contribution in [0.5, 0.6) is 0 Å². The third kappa shape index (κ3) is 4.36.